The SMILES string of the molecule is CCc1ncc(CN2CCNCC2c2ccccc2Cl)s1. The van der Waals surface area contributed by atoms with Crippen LogP contribution in [0.25, 0.3) is 0 Å². The fourth-order valence-electron chi connectivity index (χ4n) is 2.77. The molecule has 5 heteroatoms. The summed E-state index contributed by atoms with van der Waals surface area (Å²) in [7, 11) is 0. The number of nitrogens with one attached hydrogen (secondary N) is 1. The van der Waals surface area contributed by atoms with Gasteiger partial charge in [-0.15, -0.1) is 11.3 Å². The molecule has 1 atom stereocenters. The molecule has 3 rings (SSSR count). The number of rotatable bonds is 4. The van der Waals surface area contributed by atoms with Gasteiger partial charge in [0, 0.05) is 48.3 Å². The molecule has 1 aliphatic heterocycles. The Bertz CT molecular complexity index is 599. The van der Waals surface area contributed by atoms with E-state index in [1.165, 1.54) is 15.4 Å². The lowest BCUT2D eigenvalue weighted by Crippen LogP contribution is -2.45. The highest BCUT2D eigenvalue weighted by Gasteiger charge is 2.25. The quantitative estimate of drug-likeness (QED) is 0.934. The van der Waals surface area contributed by atoms with Crippen molar-refractivity contribution in [2.45, 2.75) is 25.9 Å². The van der Waals surface area contributed by atoms with Crippen molar-refractivity contribution in [3.63, 3.8) is 0 Å². The fourth-order valence-corrected chi connectivity index (χ4v) is 3.92. The number of hydrogen-bond acceptors (Lipinski definition) is 4. The lowest BCUT2D eigenvalue weighted by Gasteiger charge is -2.36. The number of halogens is 1. The van der Waals surface area contributed by atoms with Gasteiger partial charge in [0.2, 0.25) is 0 Å². The predicted molar refractivity (Wildman–Crippen MR) is 89.0 cm³/mol. The van der Waals surface area contributed by atoms with Gasteiger partial charge in [-0.3, -0.25) is 4.90 Å². The number of piperazine rings is 1. The number of benzene rings is 1. The highest BCUT2D eigenvalue weighted by atomic mass is 35.5. The normalized spacial score (nSPS) is 19.8. The van der Waals surface area contributed by atoms with Crippen LogP contribution in [0.2, 0.25) is 5.02 Å². The van der Waals surface area contributed by atoms with E-state index in [0.29, 0.717) is 6.04 Å². The van der Waals surface area contributed by atoms with E-state index < -0.39 is 0 Å². The van der Waals surface area contributed by atoms with E-state index in [0.717, 1.165) is 37.6 Å². The van der Waals surface area contributed by atoms with Crippen LogP contribution in [-0.2, 0) is 13.0 Å². The Hall–Kier alpha value is -0.940. The van der Waals surface area contributed by atoms with Crippen molar-refractivity contribution in [3.05, 3.63) is 50.9 Å². The Morgan fingerprint density at radius 2 is 2.29 bits per heavy atom. The summed E-state index contributed by atoms with van der Waals surface area (Å²) >= 11 is 8.21. The van der Waals surface area contributed by atoms with Gasteiger partial charge in [-0.05, 0) is 18.1 Å². The highest BCUT2D eigenvalue weighted by Crippen LogP contribution is 2.30. The Labute approximate surface area is 135 Å². The molecule has 1 aromatic carbocycles. The van der Waals surface area contributed by atoms with Crippen LogP contribution < -0.4 is 5.32 Å². The molecule has 2 heterocycles. The maximum Gasteiger partial charge on any atom is 0.0925 e. The Morgan fingerprint density at radius 1 is 1.43 bits per heavy atom. The van der Waals surface area contributed by atoms with Gasteiger partial charge in [-0.2, -0.15) is 0 Å². The van der Waals surface area contributed by atoms with Crippen LogP contribution in [0.3, 0.4) is 0 Å². The average molecular weight is 322 g/mol. The lowest BCUT2D eigenvalue weighted by molar-refractivity contribution is 0.155. The molecule has 112 valence electrons. The van der Waals surface area contributed by atoms with E-state index in [1.807, 2.05) is 29.7 Å². The Balaban J connectivity index is 1.80. The molecule has 0 radical (unpaired) electrons. The minimum atomic E-state index is 0.333. The molecule has 0 saturated carbocycles. The fraction of sp³-hybridized carbons (Fsp3) is 0.438. The zero-order valence-electron chi connectivity index (χ0n) is 12.2. The third kappa shape index (κ3) is 3.46. The third-order valence-electron chi connectivity index (χ3n) is 3.88. The second kappa shape index (κ2) is 6.88. The second-order valence-electron chi connectivity index (χ2n) is 5.29. The predicted octanol–water partition coefficient (Wildman–Crippen LogP) is 3.51. The van der Waals surface area contributed by atoms with Gasteiger partial charge < -0.3 is 5.32 Å². The summed E-state index contributed by atoms with van der Waals surface area (Å²) in [5.74, 6) is 0. The number of nitrogens with zero attached hydrogens (tertiary/aromatic N) is 2. The summed E-state index contributed by atoms with van der Waals surface area (Å²) in [4.78, 5) is 8.31. The van der Waals surface area contributed by atoms with Crippen molar-refractivity contribution in [3.8, 4) is 0 Å². The molecule has 0 aliphatic carbocycles. The molecule has 2 aromatic rings. The average Bonchev–Trinajstić information content (AvgIpc) is 2.96. The van der Waals surface area contributed by atoms with Gasteiger partial charge in [0.15, 0.2) is 0 Å². The van der Waals surface area contributed by atoms with Gasteiger partial charge >= 0.3 is 0 Å². The van der Waals surface area contributed by atoms with Gasteiger partial charge in [0.1, 0.15) is 0 Å². The zero-order valence-corrected chi connectivity index (χ0v) is 13.8. The first kappa shape index (κ1) is 15.0. The van der Waals surface area contributed by atoms with E-state index in [9.17, 15) is 0 Å². The van der Waals surface area contributed by atoms with Crippen molar-refractivity contribution in [2.75, 3.05) is 19.6 Å². The molecule has 1 fully saturated rings. The van der Waals surface area contributed by atoms with Crippen LogP contribution in [0.15, 0.2) is 30.5 Å². The zero-order chi connectivity index (χ0) is 14.7. The smallest absolute Gasteiger partial charge is 0.0925 e. The molecule has 1 unspecified atom stereocenters. The summed E-state index contributed by atoms with van der Waals surface area (Å²) in [6.07, 6.45) is 3.04. The summed E-state index contributed by atoms with van der Waals surface area (Å²) in [5.41, 5.74) is 1.21. The minimum Gasteiger partial charge on any atom is -0.314 e. The first-order chi connectivity index (χ1) is 10.3. The largest absolute Gasteiger partial charge is 0.314 e. The standard InChI is InChI=1S/C16H20ClN3S/c1-2-16-19-9-12(21-16)11-20-8-7-18-10-15(20)13-5-3-4-6-14(13)17/h3-6,9,15,18H,2,7-8,10-11H2,1H3. The van der Waals surface area contributed by atoms with Crippen LogP contribution in [0.1, 0.15) is 28.4 Å². The summed E-state index contributed by atoms with van der Waals surface area (Å²) in [6.45, 7) is 6.12. The van der Waals surface area contributed by atoms with Crippen molar-refractivity contribution in [1.82, 2.24) is 15.2 Å². The maximum atomic E-state index is 6.39. The molecule has 0 bridgehead atoms. The number of aryl methyl sites for hydroxylation is 1. The molecule has 1 saturated heterocycles. The van der Waals surface area contributed by atoms with E-state index in [-0.39, 0.29) is 0 Å². The molecule has 3 nitrogen and oxygen atoms in total. The highest BCUT2D eigenvalue weighted by molar-refractivity contribution is 7.11. The third-order valence-corrected chi connectivity index (χ3v) is 5.35. The van der Waals surface area contributed by atoms with E-state index in [4.69, 9.17) is 11.6 Å². The maximum absolute atomic E-state index is 6.39. The Kier molecular flexibility index (Phi) is 4.91. The topological polar surface area (TPSA) is 28.2 Å². The molecule has 0 spiro atoms. The van der Waals surface area contributed by atoms with Crippen LogP contribution in [-0.4, -0.2) is 29.5 Å². The van der Waals surface area contributed by atoms with Crippen molar-refractivity contribution in [2.24, 2.45) is 0 Å². The van der Waals surface area contributed by atoms with Gasteiger partial charge in [0.25, 0.3) is 0 Å². The first-order valence-corrected chi connectivity index (χ1v) is 8.60. The minimum absolute atomic E-state index is 0.333. The lowest BCUT2D eigenvalue weighted by atomic mass is 10.0. The molecule has 1 aliphatic rings. The van der Waals surface area contributed by atoms with Crippen LogP contribution in [0.5, 0.6) is 0 Å². The van der Waals surface area contributed by atoms with Crippen LogP contribution >= 0.6 is 22.9 Å². The van der Waals surface area contributed by atoms with Crippen LogP contribution in [0.4, 0.5) is 0 Å². The number of aromatic nitrogens is 1. The molecular weight excluding hydrogens is 302 g/mol. The van der Waals surface area contributed by atoms with Crippen LogP contribution in [0, 0.1) is 0 Å². The molecule has 21 heavy (non-hydrogen) atoms. The summed E-state index contributed by atoms with van der Waals surface area (Å²) in [6, 6.07) is 8.50. The first-order valence-electron chi connectivity index (χ1n) is 7.40. The van der Waals surface area contributed by atoms with E-state index in [2.05, 4.69) is 34.3 Å². The van der Waals surface area contributed by atoms with Gasteiger partial charge in [0.05, 0.1) is 5.01 Å². The summed E-state index contributed by atoms with van der Waals surface area (Å²) < 4.78 is 0. The van der Waals surface area contributed by atoms with Crippen molar-refractivity contribution < 1.29 is 0 Å². The summed E-state index contributed by atoms with van der Waals surface area (Å²) in [5, 5.41) is 5.55. The van der Waals surface area contributed by atoms with Gasteiger partial charge in [-0.1, -0.05) is 36.7 Å². The second-order valence-corrected chi connectivity index (χ2v) is 6.89. The molecule has 0 amide bonds. The van der Waals surface area contributed by atoms with Crippen molar-refractivity contribution in [1.29, 1.82) is 0 Å². The molecular formula is C16H20ClN3S. The molecule has 1 aromatic heterocycles. The van der Waals surface area contributed by atoms with E-state index >= 15 is 0 Å². The number of hydrogen-bond donors (Lipinski definition) is 1. The molecule has 1 N–H and O–H groups in total. The number of thiazole rings is 1. The van der Waals surface area contributed by atoms with Gasteiger partial charge in [-0.25, -0.2) is 4.98 Å². The Morgan fingerprint density at radius 3 is 3.05 bits per heavy atom. The van der Waals surface area contributed by atoms with Crippen molar-refractivity contribution >= 4 is 22.9 Å². The van der Waals surface area contributed by atoms with E-state index in [1.54, 1.807) is 0 Å². The monoisotopic (exact) mass is 321 g/mol.